The highest BCUT2D eigenvalue weighted by Crippen LogP contribution is 2.46. The summed E-state index contributed by atoms with van der Waals surface area (Å²) in [4.78, 5) is 13.8. The molecular weight excluding hydrogens is 519 g/mol. The van der Waals surface area contributed by atoms with Crippen molar-refractivity contribution >= 4 is 31.0 Å². The van der Waals surface area contributed by atoms with E-state index < -0.39 is 50.7 Å². The molecule has 1 aromatic rings. The highest BCUT2D eigenvalue weighted by Gasteiger charge is 2.48. The topological polar surface area (TPSA) is 142 Å². The first-order chi connectivity index (χ1) is 17.4. The number of nitrogens with zero attached hydrogens (tertiary/aromatic N) is 2. The van der Waals surface area contributed by atoms with Crippen LogP contribution < -0.4 is 14.9 Å². The van der Waals surface area contributed by atoms with Crippen LogP contribution in [0.2, 0.25) is 0 Å². The van der Waals surface area contributed by atoms with E-state index in [1.807, 2.05) is 6.92 Å². The first kappa shape index (κ1) is 28.8. The number of nitrogens with one attached hydrogen (secondary N) is 2. The summed E-state index contributed by atoms with van der Waals surface area (Å²) in [7, 11) is -4.18. The first-order valence-corrected chi connectivity index (χ1v) is 13.6. The number of nitriles is 1. The Balaban J connectivity index is 1.77. The van der Waals surface area contributed by atoms with E-state index in [0.29, 0.717) is 5.70 Å². The van der Waals surface area contributed by atoms with E-state index in [9.17, 15) is 19.7 Å². The highest BCUT2D eigenvalue weighted by atomic mass is 32.1. The van der Waals surface area contributed by atoms with Crippen molar-refractivity contribution in [1.29, 1.82) is 5.26 Å². The van der Waals surface area contributed by atoms with Gasteiger partial charge in [0.15, 0.2) is 11.3 Å². The van der Waals surface area contributed by atoms with Crippen LogP contribution in [0.25, 0.3) is 0 Å². The molecule has 200 valence electrons. The monoisotopic (exact) mass is 550 g/mol. The number of allylic oxidation sites excluding steroid dienone is 1. The summed E-state index contributed by atoms with van der Waals surface area (Å²) in [6.45, 7) is 10.1. The first-order valence-electron chi connectivity index (χ1n) is 11.6. The van der Waals surface area contributed by atoms with Crippen LogP contribution in [-0.4, -0.2) is 58.3 Å². The van der Waals surface area contributed by atoms with Crippen molar-refractivity contribution in [2.24, 2.45) is 5.92 Å². The molecule has 2 heterocycles. The van der Waals surface area contributed by atoms with Crippen molar-refractivity contribution in [2.45, 2.75) is 58.3 Å². The van der Waals surface area contributed by atoms with Gasteiger partial charge in [-0.3, -0.25) is 14.2 Å². The van der Waals surface area contributed by atoms with Crippen molar-refractivity contribution in [3.8, 4) is 11.8 Å². The molecule has 2 aliphatic heterocycles. The number of aliphatic hydroxyl groups is 1. The van der Waals surface area contributed by atoms with Crippen LogP contribution in [0, 0.1) is 17.2 Å². The zero-order valence-corrected chi connectivity index (χ0v) is 22.7. The number of esters is 1. The molecule has 0 aromatic heterocycles. The van der Waals surface area contributed by atoms with Crippen LogP contribution in [0.5, 0.6) is 5.75 Å². The molecule has 0 bridgehead atoms. The Hall–Kier alpha value is -2.78. The van der Waals surface area contributed by atoms with Gasteiger partial charge < -0.3 is 24.4 Å². The molecule has 1 saturated heterocycles. The Morgan fingerprint density at radius 3 is 2.68 bits per heavy atom. The van der Waals surface area contributed by atoms with Gasteiger partial charge in [0.05, 0.1) is 18.8 Å². The second kappa shape index (κ2) is 12.2. The van der Waals surface area contributed by atoms with Crippen LogP contribution in [0.15, 0.2) is 54.4 Å². The molecule has 2 aliphatic rings. The van der Waals surface area contributed by atoms with Gasteiger partial charge in [0.25, 0.3) is 0 Å². The molecule has 3 rings (SSSR count). The van der Waals surface area contributed by atoms with E-state index in [-0.39, 0.29) is 17.0 Å². The summed E-state index contributed by atoms with van der Waals surface area (Å²) in [6, 6.07) is 9.28. The van der Waals surface area contributed by atoms with Gasteiger partial charge in [0, 0.05) is 11.9 Å². The van der Waals surface area contributed by atoms with Gasteiger partial charge >= 0.3 is 13.7 Å². The number of hydrogen-bond donors (Lipinski definition) is 3. The van der Waals surface area contributed by atoms with E-state index in [1.165, 1.54) is 11.8 Å². The standard InChI is InChI=1S/C24H31N4O7PS/c1-14(2)33-23(30)17(5)27-36(31,35-18-9-7-6-8-10-18)32-13-20-21(29)19(11-25)22(34-20)28-12-15(3)16(4)26-24(28)37/h6-10,12,14,17,19-22,29H,4,13H2,1-3,5H3,(H,26,37)(H,27,31)/t17-,19?,20?,21+,22+,36?/m0/s1. The molecule has 0 aliphatic carbocycles. The zero-order chi connectivity index (χ0) is 27.3. The number of rotatable bonds is 10. The molecule has 0 spiro atoms. The maximum atomic E-state index is 13.7. The number of para-hydroxylation sites is 1. The molecule has 1 fully saturated rings. The van der Waals surface area contributed by atoms with Crippen LogP contribution >= 0.6 is 20.0 Å². The van der Waals surface area contributed by atoms with E-state index in [1.54, 1.807) is 50.4 Å². The summed E-state index contributed by atoms with van der Waals surface area (Å²) in [6.07, 6.45) is -1.97. The molecule has 3 unspecified atom stereocenters. The zero-order valence-electron chi connectivity index (χ0n) is 21.0. The number of thiocarbonyl (C=S) groups is 1. The average Bonchev–Trinajstić information content (AvgIpc) is 3.15. The molecule has 13 heteroatoms. The third-order valence-electron chi connectivity index (χ3n) is 5.53. The molecule has 11 nitrogen and oxygen atoms in total. The molecular formula is C24H31N4O7PS. The van der Waals surface area contributed by atoms with Crippen LogP contribution in [-0.2, 0) is 23.4 Å². The van der Waals surface area contributed by atoms with Crippen molar-refractivity contribution < 1.29 is 33.0 Å². The fourth-order valence-electron chi connectivity index (χ4n) is 3.59. The number of carbonyl (C=O) groups excluding carboxylic acids is 1. The second-order valence-electron chi connectivity index (χ2n) is 8.87. The predicted octanol–water partition coefficient (Wildman–Crippen LogP) is 2.95. The lowest BCUT2D eigenvalue weighted by Crippen LogP contribution is -2.48. The normalized spacial score (nSPS) is 26.1. The van der Waals surface area contributed by atoms with Gasteiger partial charge in [-0.2, -0.15) is 10.3 Å². The van der Waals surface area contributed by atoms with Gasteiger partial charge in [-0.15, -0.1) is 0 Å². The average molecular weight is 551 g/mol. The number of benzene rings is 1. The summed E-state index contributed by atoms with van der Waals surface area (Å²) < 4.78 is 36.1. The molecule has 0 amide bonds. The smallest absolute Gasteiger partial charge is 0.459 e. The summed E-state index contributed by atoms with van der Waals surface area (Å²) in [5, 5.41) is 26.3. The van der Waals surface area contributed by atoms with Crippen molar-refractivity contribution in [1.82, 2.24) is 15.3 Å². The predicted molar refractivity (Wildman–Crippen MR) is 139 cm³/mol. The van der Waals surface area contributed by atoms with Crippen LogP contribution in [0.4, 0.5) is 0 Å². The largest absolute Gasteiger partial charge is 0.462 e. The van der Waals surface area contributed by atoms with E-state index in [4.69, 9.17) is 30.7 Å². The number of aliphatic hydroxyl groups excluding tert-OH is 1. The van der Waals surface area contributed by atoms with Crippen molar-refractivity contribution in [2.75, 3.05) is 6.61 Å². The van der Waals surface area contributed by atoms with Gasteiger partial charge in [-0.05, 0) is 57.6 Å². The Morgan fingerprint density at radius 2 is 2.05 bits per heavy atom. The lowest BCUT2D eigenvalue weighted by molar-refractivity contribution is -0.149. The number of carbonyl (C=O) groups is 1. The molecule has 0 radical (unpaired) electrons. The van der Waals surface area contributed by atoms with E-state index in [0.717, 1.165) is 5.57 Å². The minimum absolute atomic E-state index is 0.231. The third-order valence-corrected chi connectivity index (χ3v) is 7.49. The van der Waals surface area contributed by atoms with Crippen LogP contribution in [0.1, 0.15) is 27.7 Å². The summed E-state index contributed by atoms with van der Waals surface area (Å²) >= 11 is 5.36. The summed E-state index contributed by atoms with van der Waals surface area (Å²) in [5.41, 5.74) is 1.39. The van der Waals surface area contributed by atoms with Gasteiger partial charge in [0.1, 0.15) is 29.9 Å². The SMILES string of the molecule is C=C1NC(=S)N([C@@H]2OC(COP(=O)(N[C@@H](C)C(=O)OC(C)C)Oc3ccccc3)[C@H](O)C2C#N)C=C1C. The Kier molecular flexibility index (Phi) is 9.47. The third kappa shape index (κ3) is 7.17. The fraction of sp³-hybridized carbons (Fsp3) is 0.458. The molecule has 0 saturated carbocycles. The Morgan fingerprint density at radius 1 is 1.38 bits per heavy atom. The maximum absolute atomic E-state index is 13.7. The number of ether oxygens (including phenoxy) is 2. The van der Waals surface area contributed by atoms with Gasteiger partial charge in [-0.25, -0.2) is 4.57 Å². The Bertz CT molecular complexity index is 1140. The highest BCUT2D eigenvalue weighted by molar-refractivity contribution is 7.80. The summed E-state index contributed by atoms with van der Waals surface area (Å²) in [5.74, 6) is -1.41. The van der Waals surface area contributed by atoms with Crippen molar-refractivity contribution in [3.63, 3.8) is 0 Å². The lowest BCUT2D eigenvalue weighted by atomic mass is 10.0. The van der Waals surface area contributed by atoms with Gasteiger partial charge in [-0.1, -0.05) is 24.8 Å². The van der Waals surface area contributed by atoms with Crippen molar-refractivity contribution in [3.05, 3.63) is 54.4 Å². The Labute approximate surface area is 221 Å². The minimum Gasteiger partial charge on any atom is -0.462 e. The lowest BCUT2D eigenvalue weighted by Gasteiger charge is -2.34. The number of hydrogen-bond acceptors (Lipinski definition) is 9. The molecule has 37 heavy (non-hydrogen) atoms. The molecule has 6 atom stereocenters. The molecule has 1 aromatic carbocycles. The van der Waals surface area contributed by atoms with Crippen LogP contribution in [0.3, 0.4) is 0 Å². The quantitative estimate of drug-likeness (QED) is 0.224. The second-order valence-corrected chi connectivity index (χ2v) is 11.0. The fourth-order valence-corrected chi connectivity index (χ4v) is 5.38. The van der Waals surface area contributed by atoms with E-state index in [2.05, 4.69) is 23.1 Å². The molecule has 3 N–H and O–H groups in total. The maximum Gasteiger partial charge on any atom is 0.459 e. The van der Waals surface area contributed by atoms with Gasteiger partial charge in [0.2, 0.25) is 0 Å². The minimum atomic E-state index is -4.18. The van der Waals surface area contributed by atoms with E-state index >= 15 is 0 Å².